The Kier molecular flexibility index (Phi) is 5.10. The van der Waals surface area contributed by atoms with Crippen LogP contribution in [-0.2, 0) is 0 Å². The molecule has 0 amide bonds. The summed E-state index contributed by atoms with van der Waals surface area (Å²) in [6.07, 6.45) is 0.909. The molecule has 0 heterocycles. The van der Waals surface area contributed by atoms with Crippen LogP contribution in [-0.4, -0.2) is 27.9 Å². The smallest absolute Gasteiger partial charge is 0.164 e. The topological polar surface area (TPSA) is 53.7 Å². The van der Waals surface area contributed by atoms with E-state index in [1.165, 1.54) is 0 Å². The van der Waals surface area contributed by atoms with Crippen LogP contribution >= 0.6 is 0 Å². The van der Waals surface area contributed by atoms with Crippen LogP contribution in [0.4, 0.5) is 0 Å². The molecule has 1 atom stereocenters. The first-order valence-corrected chi connectivity index (χ1v) is 5.67. The van der Waals surface area contributed by atoms with E-state index < -0.39 is 0 Å². The van der Waals surface area contributed by atoms with Gasteiger partial charge in [-0.3, -0.25) is 0 Å². The molecule has 0 bridgehead atoms. The maximum Gasteiger partial charge on any atom is 0.164 e. The monoisotopic (exact) mass is 239 g/mol. The zero-order chi connectivity index (χ0) is 12.8. The third-order valence-corrected chi connectivity index (χ3v) is 2.87. The minimum atomic E-state index is 0.328. The summed E-state index contributed by atoms with van der Waals surface area (Å²) in [5.41, 5.74) is 6.68. The minimum Gasteiger partial charge on any atom is -0.496 e. The Morgan fingerprint density at radius 2 is 1.53 bits per heavy atom. The molecular weight excluding hydrogens is 218 g/mol. The molecule has 4 heteroatoms. The highest BCUT2D eigenvalue weighted by Gasteiger charge is 2.16. The second-order valence-corrected chi connectivity index (χ2v) is 3.93. The first kappa shape index (κ1) is 13.6. The summed E-state index contributed by atoms with van der Waals surface area (Å²) in [6.45, 7) is 2.77. The summed E-state index contributed by atoms with van der Waals surface area (Å²) in [5, 5.41) is 0. The average molecular weight is 239 g/mol. The highest BCUT2D eigenvalue weighted by atomic mass is 16.5. The Morgan fingerprint density at radius 1 is 1.00 bits per heavy atom. The Balaban J connectivity index is 3.18. The number of hydrogen-bond donors (Lipinski definition) is 1. The van der Waals surface area contributed by atoms with E-state index in [1.807, 2.05) is 12.1 Å². The van der Waals surface area contributed by atoms with Gasteiger partial charge in [0.1, 0.15) is 5.75 Å². The highest BCUT2D eigenvalue weighted by Crippen LogP contribution is 2.38. The zero-order valence-corrected chi connectivity index (χ0v) is 10.9. The molecule has 1 aromatic carbocycles. The lowest BCUT2D eigenvalue weighted by Crippen LogP contribution is -2.06. The number of methoxy groups -OCH3 is 3. The van der Waals surface area contributed by atoms with Gasteiger partial charge in [0.05, 0.1) is 21.3 Å². The lowest BCUT2D eigenvalue weighted by atomic mass is 9.96. The van der Waals surface area contributed by atoms with Gasteiger partial charge in [0.15, 0.2) is 11.5 Å². The lowest BCUT2D eigenvalue weighted by Gasteiger charge is -2.18. The van der Waals surface area contributed by atoms with Crippen molar-refractivity contribution in [3.63, 3.8) is 0 Å². The van der Waals surface area contributed by atoms with E-state index in [4.69, 9.17) is 19.9 Å². The van der Waals surface area contributed by atoms with Crippen molar-refractivity contribution in [3.05, 3.63) is 17.7 Å². The largest absolute Gasteiger partial charge is 0.496 e. The van der Waals surface area contributed by atoms with Gasteiger partial charge in [0, 0.05) is 11.6 Å². The maximum atomic E-state index is 5.59. The summed E-state index contributed by atoms with van der Waals surface area (Å²) in [6, 6.07) is 3.80. The fraction of sp³-hybridized carbons (Fsp3) is 0.538. The molecular formula is C13H21NO3. The molecule has 1 aromatic rings. The van der Waals surface area contributed by atoms with Crippen molar-refractivity contribution < 1.29 is 14.2 Å². The van der Waals surface area contributed by atoms with Crippen LogP contribution in [0.25, 0.3) is 0 Å². The van der Waals surface area contributed by atoms with Crippen LogP contribution in [0.2, 0.25) is 0 Å². The molecule has 1 unspecified atom stereocenters. The van der Waals surface area contributed by atoms with Crippen molar-refractivity contribution in [2.75, 3.05) is 27.9 Å². The molecule has 1 rings (SSSR count). The molecule has 0 fully saturated rings. The van der Waals surface area contributed by atoms with E-state index >= 15 is 0 Å². The summed E-state index contributed by atoms with van der Waals surface area (Å²) >= 11 is 0. The van der Waals surface area contributed by atoms with E-state index in [0.717, 1.165) is 17.7 Å². The Hall–Kier alpha value is -1.42. The number of rotatable bonds is 6. The molecule has 0 aromatic heterocycles. The minimum absolute atomic E-state index is 0.328. The standard InChI is InChI=1S/C13H21NO3/c1-9(5-6-14)10-7-12(16-3)13(17-4)8-11(10)15-2/h7-9H,5-6,14H2,1-4H3. The summed E-state index contributed by atoms with van der Waals surface area (Å²) in [5.74, 6) is 2.53. The van der Waals surface area contributed by atoms with E-state index in [0.29, 0.717) is 24.0 Å². The van der Waals surface area contributed by atoms with Gasteiger partial charge in [-0.15, -0.1) is 0 Å². The quantitative estimate of drug-likeness (QED) is 0.826. The van der Waals surface area contributed by atoms with Crippen molar-refractivity contribution in [3.8, 4) is 17.2 Å². The number of hydrogen-bond acceptors (Lipinski definition) is 4. The van der Waals surface area contributed by atoms with E-state index in [1.54, 1.807) is 21.3 Å². The van der Waals surface area contributed by atoms with Gasteiger partial charge >= 0.3 is 0 Å². The molecule has 17 heavy (non-hydrogen) atoms. The van der Waals surface area contributed by atoms with E-state index in [-0.39, 0.29) is 0 Å². The predicted octanol–water partition coefficient (Wildman–Crippen LogP) is 2.16. The average Bonchev–Trinajstić information content (AvgIpc) is 2.37. The third-order valence-electron chi connectivity index (χ3n) is 2.87. The Bertz CT molecular complexity index is 366. The second-order valence-electron chi connectivity index (χ2n) is 3.93. The van der Waals surface area contributed by atoms with Gasteiger partial charge < -0.3 is 19.9 Å². The third kappa shape index (κ3) is 3.03. The fourth-order valence-electron chi connectivity index (χ4n) is 1.84. The second kappa shape index (κ2) is 6.35. The zero-order valence-electron chi connectivity index (χ0n) is 10.9. The predicted molar refractivity (Wildman–Crippen MR) is 68.2 cm³/mol. The van der Waals surface area contributed by atoms with Crippen LogP contribution in [0.5, 0.6) is 17.2 Å². The highest BCUT2D eigenvalue weighted by molar-refractivity contribution is 5.51. The molecule has 0 aliphatic heterocycles. The van der Waals surface area contributed by atoms with Crippen LogP contribution in [0.15, 0.2) is 12.1 Å². The van der Waals surface area contributed by atoms with E-state index in [9.17, 15) is 0 Å². The summed E-state index contributed by atoms with van der Waals surface area (Å²) < 4.78 is 15.9. The van der Waals surface area contributed by atoms with Crippen molar-refractivity contribution in [1.82, 2.24) is 0 Å². The van der Waals surface area contributed by atoms with Gasteiger partial charge in [0.2, 0.25) is 0 Å². The molecule has 0 aliphatic rings. The van der Waals surface area contributed by atoms with Crippen LogP contribution in [0, 0.1) is 0 Å². The van der Waals surface area contributed by atoms with Crippen molar-refractivity contribution >= 4 is 0 Å². The van der Waals surface area contributed by atoms with Crippen molar-refractivity contribution in [2.24, 2.45) is 5.73 Å². The molecule has 2 N–H and O–H groups in total. The van der Waals surface area contributed by atoms with Gasteiger partial charge in [0.25, 0.3) is 0 Å². The van der Waals surface area contributed by atoms with Crippen molar-refractivity contribution in [1.29, 1.82) is 0 Å². The summed E-state index contributed by atoms with van der Waals surface area (Å²) in [4.78, 5) is 0. The first-order chi connectivity index (χ1) is 8.17. The molecule has 96 valence electrons. The Morgan fingerprint density at radius 3 is 2.00 bits per heavy atom. The number of benzene rings is 1. The lowest BCUT2D eigenvalue weighted by molar-refractivity contribution is 0.346. The molecule has 0 saturated carbocycles. The van der Waals surface area contributed by atoms with Crippen LogP contribution < -0.4 is 19.9 Å². The normalized spacial score (nSPS) is 12.1. The molecule has 0 spiro atoms. The van der Waals surface area contributed by atoms with Crippen LogP contribution in [0.1, 0.15) is 24.8 Å². The van der Waals surface area contributed by atoms with Gasteiger partial charge in [-0.2, -0.15) is 0 Å². The summed E-state index contributed by atoms with van der Waals surface area (Å²) in [7, 11) is 4.89. The number of ether oxygens (including phenoxy) is 3. The van der Waals surface area contributed by atoms with Crippen molar-refractivity contribution in [2.45, 2.75) is 19.3 Å². The van der Waals surface area contributed by atoms with Gasteiger partial charge in [-0.1, -0.05) is 6.92 Å². The number of nitrogens with two attached hydrogens (primary N) is 1. The molecule has 4 nitrogen and oxygen atoms in total. The van der Waals surface area contributed by atoms with E-state index in [2.05, 4.69) is 6.92 Å². The molecule has 0 aliphatic carbocycles. The maximum absolute atomic E-state index is 5.59. The molecule has 0 saturated heterocycles. The van der Waals surface area contributed by atoms with Gasteiger partial charge in [-0.25, -0.2) is 0 Å². The fourth-order valence-corrected chi connectivity index (χ4v) is 1.84. The Labute approximate surface area is 103 Å². The molecule has 0 radical (unpaired) electrons. The van der Waals surface area contributed by atoms with Crippen LogP contribution in [0.3, 0.4) is 0 Å². The van der Waals surface area contributed by atoms with Gasteiger partial charge in [-0.05, 0) is 24.9 Å². The first-order valence-electron chi connectivity index (χ1n) is 5.67. The SMILES string of the molecule is COc1cc(OC)c(C(C)CCN)cc1OC.